The second kappa shape index (κ2) is 6.68. The van der Waals surface area contributed by atoms with Crippen molar-refractivity contribution in [3.8, 4) is 5.75 Å². The topological polar surface area (TPSA) is 21.3 Å². The summed E-state index contributed by atoms with van der Waals surface area (Å²) in [6.07, 6.45) is 0. The molecule has 0 spiro atoms. The van der Waals surface area contributed by atoms with Gasteiger partial charge in [0.25, 0.3) is 0 Å². The smallest absolute Gasteiger partial charge is 0.128 e. The van der Waals surface area contributed by atoms with Crippen LogP contribution in [0.2, 0.25) is 0 Å². The van der Waals surface area contributed by atoms with Crippen LogP contribution in [0.25, 0.3) is 0 Å². The normalized spacial score (nSPS) is 10.5. The predicted octanol–water partition coefficient (Wildman–Crippen LogP) is 3.89. The lowest BCUT2D eigenvalue weighted by Gasteiger charge is -2.08. The minimum Gasteiger partial charge on any atom is -0.489 e. The van der Waals surface area contributed by atoms with Crippen molar-refractivity contribution in [1.82, 2.24) is 5.32 Å². The summed E-state index contributed by atoms with van der Waals surface area (Å²) in [6.45, 7) is 1.27. The zero-order chi connectivity index (χ0) is 13.7. The molecule has 0 saturated heterocycles. The summed E-state index contributed by atoms with van der Waals surface area (Å²) in [7, 11) is 1.92. The van der Waals surface area contributed by atoms with E-state index in [1.165, 1.54) is 17.7 Å². The summed E-state index contributed by atoms with van der Waals surface area (Å²) in [4.78, 5) is 0. The summed E-state index contributed by atoms with van der Waals surface area (Å²) in [5.74, 6) is 0.208. The van der Waals surface area contributed by atoms with Crippen LogP contribution in [0.1, 0.15) is 11.1 Å². The summed E-state index contributed by atoms with van der Waals surface area (Å²) in [5.41, 5.74) is 2.28. The molecule has 2 aromatic carbocycles. The maximum Gasteiger partial charge on any atom is 0.128 e. The van der Waals surface area contributed by atoms with Gasteiger partial charge in [-0.2, -0.15) is 0 Å². The van der Waals surface area contributed by atoms with Crippen LogP contribution in [0.5, 0.6) is 5.75 Å². The molecule has 19 heavy (non-hydrogen) atoms. The first-order chi connectivity index (χ1) is 9.17. The van der Waals surface area contributed by atoms with Crippen molar-refractivity contribution in [1.29, 1.82) is 0 Å². The van der Waals surface area contributed by atoms with Gasteiger partial charge in [0, 0.05) is 17.1 Å². The molecule has 0 aromatic heterocycles. The average Bonchev–Trinajstić information content (AvgIpc) is 2.37. The van der Waals surface area contributed by atoms with Gasteiger partial charge in [-0.15, -0.1) is 0 Å². The monoisotopic (exact) mass is 323 g/mol. The number of hydrogen-bond donors (Lipinski definition) is 1. The first-order valence-corrected chi connectivity index (χ1v) is 6.78. The number of hydrogen-bond acceptors (Lipinski definition) is 2. The fraction of sp³-hybridized carbons (Fsp3) is 0.200. The van der Waals surface area contributed by atoms with Crippen LogP contribution in [0.3, 0.4) is 0 Å². The first kappa shape index (κ1) is 14.0. The Kier molecular flexibility index (Phi) is 4.93. The molecule has 0 aliphatic heterocycles. The van der Waals surface area contributed by atoms with Crippen molar-refractivity contribution < 1.29 is 9.13 Å². The SMILES string of the molecule is CNCc1ccc(COc2cc(F)cc(Br)c2)cc1. The van der Waals surface area contributed by atoms with Gasteiger partial charge in [-0.1, -0.05) is 40.2 Å². The van der Waals surface area contributed by atoms with Crippen molar-refractivity contribution in [2.45, 2.75) is 13.2 Å². The number of halogens is 2. The Morgan fingerprint density at radius 1 is 1.11 bits per heavy atom. The molecule has 0 aliphatic carbocycles. The molecule has 0 atom stereocenters. The zero-order valence-corrected chi connectivity index (χ0v) is 12.2. The van der Waals surface area contributed by atoms with E-state index in [-0.39, 0.29) is 5.82 Å². The van der Waals surface area contributed by atoms with Gasteiger partial charge >= 0.3 is 0 Å². The Labute approximate surface area is 120 Å². The Bertz CT molecular complexity index is 522. The minimum atomic E-state index is -0.311. The third-order valence-corrected chi connectivity index (χ3v) is 3.10. The lowest BCUT2D eigenvalue weighted by atomic mass is 10.1. The van der Waals surface area contributed by atoms with E-state index >= 15 is 0 Å². The third-order valence-electron chi connectivity index (χ3n) is 2.65. The molecule has 0 aliphatic rings. The van der Waals surface area contributed by atoms with E-state index in [1.807, 2.05) is 19.2 Å². The van der Waals surface area contributed by atoms with Crippen LogP contribution in [-0.4, -0.2) is 7.05 Å². The van der Waals surface area contributed by atoms with Crippen LogP contribution in [0.4, 0.5) is 4.39 Å². The van der Waals surface area contributed by atoms with Gasteiger partial charge in [0.1, 0.15) is 18.2 Å². The molecule has 2 nitrogen and oxygen atoms in total. The second-order valence-electron chi connectivity index (χ2n) is 4.24. The average molecular weight is 324 g/mol. The number of nitrogens with one attached hydrogen (secondary N) is 1. The second-order valence-corrected chi connectivity index (χ2v) is 5.16. The largest absolute Gasteiger partial charge is 0.489 e. The van der Waals surface area contributed by atoms with Crippen molar-refractivity contribution in [3.05, 3.63) is 63.9 Å². The molecular formula is C15H15BrFNO. The molecule has 4 heteroatoms. The molecular weight excluding hydrogens is 309 g/mol. The maximum atomic E-state index is 13.2. The van der Waals surface area contributed by atoms with Gasteiger partial charge in [0.15, 0.2) is 0 Å². The van der Waals surface area contributed by atoms with Gasteiger partial charge in [-0.3, -0.25) is 0 Å². The summed E-state index contributed by atoms with van der Waals surface area (Å²) in [6, 6.07) is 12.7. The molecule has 0 amide bonds. The fourth-order valence-electron chi connectivity index (χ4n) is 1.74. The van der Waals surface area contributed by atoms with E-state index in [1.54, 1.807) is 6.07 Å². The lowest BCUT2D eigenvalue weighted by molar-refractivity contribution is 0.304. The van der Waals surface area contributed by atoms with E-state index in [4.69, 9.17) is 4.74 Å². The van der Waals surface area contributed by atoms with Crippen LogP contribution in [-0.2, 0) is 13.2 Å². The highest BCUT2D eigenvalue weighted by Gasteiger charge is 2.01. The number of rotatable bonds is 5. The molecule has 0 radical (unpaired) electrons. The van der Waals surface area contributed by atoms with Gasteiger partial charge < -0.3 is 10.1 Å². The molecule has 0 unspecified atom stereocenters. The van der Waals surface area contributed by atoms with E-state index < -0.39 is 0 Å². The molecule has 0 heterocycles. The Morgan fingerprint density at radius 3 is 2.42 bits per heavy atom. The van der Waals surface area contributed by atoms with Crippen molar-refractivity contribution in [2.75, 3.05) is 7.05 Å². The van der Waals surface area contributed by atoms with E-state index in [2.05, 4.69) is 33.4 Å². The molecule has 2 aromatic rings. The van der Waals surface area contributed by atoms with Gasteiger partial charge in [-0.25, -0.2) is 4.39 Å². The van der Waals surface area contributed by atoms with E-state index in [0.717, 1.165) is 12.1 Å². The van der Waals surface area contributed by atoms with Crippen LogP contribution >= 0.6 is 15.9 Å². The van der Waals surface area contributed by atoms with Gasteiger partial charge in [0.05, 0.1) is 0 Å². The van der Waals surface area contributed by atoms with Crippen LogP contribution in [0.15, 0.2) is 46.9 Å². The highest BCUT2D eigenvalue weighted by molar-refractivity contribution is 9.10. The summed E-state index contributed by atoms with van der Waals surface area (Å²) < 4.78 is 19.4. The predicted molar refractivity (Wildman–Crippen MR) is 77.6 cm³/mol. The quantitative estimate of drug-likeness (QED) is 0.901. The van der Waals surface area contributed by atoms with Gasteiger partial charge in [0.2, 0.25) is 0 Å². The standard InChI is InChI=1S/C15H15BrFNO/c1-18-9-11-2-4-12(5-3-11)10-19-15-7-13(16)6-14(17)8-15/h2-8,18H,9-10H2,1H3. The molecule has 0 saturated carbocycles. The molecule has 2 rings (SSSR count). The van der Waals surface area contributed by atoms with E-state index in [0.29, 0.717) is 16.8 Å². The highest BCUT2D eigenvalue weighted by atomic mass is 79.9. The van der Waals surface area contributed by atoms with Crippen molar-refractivity contribution >= 4 is 15.9 Å². The van der Waals surface area contributed by atoms with Crippen LogP contribution < -0.4 is 10.1 Å². The fourth-order valence-corrected chi connectivity index (χ4v) is 2.18. The molecule has 0 fully saturated rings. The minimum absolute atomic E-state index is 0.311. The van der Waals surface area contributed by atoms with Crippen molar-refractivity contribution in [3.63, 3.8) is 0 Å². The Balaban J connectivity index is 1.98. The first-order valence-electron chi connectivity index (χ1n) is 5.98. The number of ether oxygens (including phenoxy) is 1. The van der Waals surface area contributed by atoms with Crippen molar-refractivity contribution in [2.24, 2.45) is 0 Å². The number of benzene rings is 2. The molecule has 1 N–H and O–H groups in total. The molecule has 100 valence electrons. The Morgan fingerprint density at radius 2 is 1.79 bits per heavy atom. The molecule has 0 bridgehead atoms. The summed E-state index contributed by atoms with van der Waals surface area (Å²) in [5, 5.41) is 3.10. The maximum absolute atomic E-state index is 13.2. The van der Waals surface area contributed by atoms with Gasteiger partial charge in [-0.05, 0) is 30.3 Å². The Hall–Kier alpha value is -1.39. The zero-order valence-electron chi connectivity index (χ0n) is 10.6. The third kappa shape index (κ3) is 4.33. The van der Waals surface area contributed by atoms with Crippen LogP contribution in [0, 0.1) is 5.82 Å². The highest BCUT2D eigenvalue weighted by Crippen LogP contribution is 2.21. The van der Waals surface area contributed by atoms with E-state index in [9.17, 15) is 4.39 Å². The lowest BCUT2D eigenvalue weighted by Crippen LogP contribution is -2.05. The summed E-state index contributed by atoms with van der Waals surface area (Å²) >= 11 is 3.24.